The van der Waals surface area contributed by atoms with E-state index in [1.54, 1.807) is 7.11 Å². The summed E-state index contributed by atoms with van der Waals surface area (Å²) in [6, 6.07) is 6.11. The Labute approximate surface area is 107 Å². The molecule has 96 valence electrons. The second-order valence-corrected chi connectivity index (χ2v) is 5.11. The summed E-state index contributed by atoms with van der Waals surface area (Å²) in [5.41, 5.74) is 2.06. The van der Waals surface area contributed by atoms with Crippen LogP contribution in [0.25, 0.3) is 0 Å². The molecule has 18 heavy (non-hydrogen) atoms. The van der Waals surface area contributed by atoms with Gasteiger partial charge in [-0.3, -0.25) is 4.79 Å². The lowest BCUT2D eigenvalue weighted by Gasteiger charge is -2.41. The van der Waals surface area contributed by atoms with Gasteiger partial charge in [-0.2, -0.15) is 0 Å². The molecule has 1 fully saturated rings. The fourth-order valence-electron chi connectivity index (χ4n) is 3.37. The van der Waals surface area contributed by atoms with Crippen LogP contribution in [0.2, 0.25) is 0 Å². The number of aryl methyl sites for hydroxylation is 1. The standard InChI is InChI=1S/C15H18O3/c1-17-12-4-2-3-11-5-6-13(16)15(14(11)12)7-9-18-10-8-15/h2-4H,5-10H2,1H3. The molecule has 0 amide bonds. The number of Topliss-reactive ketones (excluding diaryl/α,β-unsaturated/α-hetero) is 1. The lowest BCUT2D eigenvalue weighted by atomic mass is 9.64. The summed E-state index contributed by atoms with van der Waals surface area (Å²) in [4.78, 5) is 12.5. The second-order valence-electron chi connectivity index (χ2n) is 5.11. The number of fused-ring (bicyclic) bond motifs is 2. The Hall–Kier alpha value is -1.35. The van der Waals surface area contributed by atoms with E-state index in [4.69, 9.17) is 9.47 Å². The Morgan fingerprint density at radius 3 is 2.72 bits per heavy atom. The smallest absolute Gasteiger partial charge is 0.144 e. The number of hydrogen-bond acceptors (Lipinski definition) is 3. The molecule has 3 heteroatoms. The van der Waals surface area contributed by atoms with Crippen molar-refractivity contribution in [1.29, 1.82) is 0 Å². The van der Waals surface area contributed by atoms with E-state index in [0.717, 1.165) is 30.6 Å². The van der Waals surface area contributed by atoms with Crippen LogP contribution >= 0.6 is 0 Å². The highest BCUT2D eigenvalue weighted by molar-refractivity contribution is 5.93. The summed E-state index contributed by atoms with van der Waals surface area (Å²) in [6.45, 7) is 1.34. The van der Waals surface area contributed by atoms with Crippen molar-refractivity contribution < 1.29 is 14.3 Å². The number of benzene rings is 1. The highest BCUT2D eigenvalue weighted by Crippen LogP contribution is 2.46. The van der Waals surface area contributed by atoms with E-state index in [1.807, 2.05) is 12.1 Å². The molecule has 0 atom stereocenters. The molecule has 0 radical (unpaired) electrons. The van der Waals surface area contributed by atoms with Crippen molar-refractivity contribution >= 4 is 5.78 Å². The molecule has 0 unspecified atom stereocenters. The van der Waals surface area contributed by atoms with Gasteiger partial charge >= 0.3 is 0 Å². The summed E-state index contributed by atoms with van der Waals surface area (Å²) in [6.07, 6.45) is 3.08. The van der Waals surface area contributed by atoms with Crippen molar-refractivity contribution in [2.75, 3.05) is 20.3 Å². The van der Waals surface area contributed by atoms with Gasteiger partial charge in [0.2, 0.25) is 0 Å². The Bertz CT molecular complexity index is 458. The van der Waals surface area contributed by atoms with Gasteiger partial charge in [0.1, 0.15) is 11.5 Å². The molecular formula is C15H18O3. The van der Waals surface area contributed by atoms with Crippen molar-refractivity contribution in [3.63, 3.8) is 0 Å². The van der Waals surface area contributed by atoms with Crippen molar-refractivity contribution in [3.8, 4) is 5.75 Å². The summed E-state index contributed by atoms with van der Waals surface area (Å²) in [5, 5.41) is 0. The van der Waals surface area contributed by atoms with Gasteiger partial charge in [0.05, 0.1) is 12.5 Å². The number of ether oxygens (including phenoxy) is 2. The third-order valence-electron chi connectivity index (χ3n) is 4.31. The molecule has 0 aromatic heterocycles. The van der Waals surface area contributed by atoms with Gasteiger partial charge in [-0.25, -0.2) is 0 Å². The predicted octanol–water partition coefficient (Wildman–Crippen LogP) is 2.26. The van der Waals surface area contributed by atoms with Crippen LogP contribution in [-0.2, 0) is 21.4 Å². The average Bonchev–Trinajstić information content (AvgIpc) is 2.44. The zero-order valence-electron chi connectivity index (χ0n) is 10.7. The summed E-state index contributed by atoms with van der Waals surface area (Å²) in [5.74, 6) is 1.23. The fourth-order valence-corrected chi connectivity index (χ4v) is 3.37. The highest BCUT2D eigenvalue weighted by Gasteiger charge is 2.46. The van der Waals surface area contributed by atoms with Crippen molar-refractivity contribution in [2.45, 2.75) is 31.1 Å². The maximum Gasteiger partial charge on any atom is 0.144 e. The molecule has 0 bridgehead atoms. The van der Waals surface area contributed by atoms with Crippen LogP contribution in [0.4, 0.5) is 0 Å². The van der Waals surface area contributed by atoms with Crippen LogP contribution in [0, 0.1) is 0 Å². The highest BCUT2D eigenvalue weighted by atomic mass is 16.5. The zero-order chi connectivity index (χ0) is 12.6. The number of carbonyl (C=O) groups is 1. The molecule has 1 aliphatic carbocycles. The Morgan fingerprint density at radius 1 is 1.22 bits per heavy atom. The molecule has 1 saturated heterocycles. The van der Waals surface area contributed by atoms with Crippen LogP contribution in [-0.4, -0.2) is 26.1 Å². The molecule has 3 rings (SSSR count). The molecule has 0 N–H and O–H groups in total. The normalized spacial score (nSPS) is 21.7. The van der Waals surface area contributed by atoms with Gasteiger partial charge in [0, 0.05) is 25.2 Å². The molecule has 0 saturated carbocycles. The van der Waals surface area contributed by atoms with Crippen LogP contribution in [0.15, 0.2) is 18.2 Å². The first kappa shape index (κ1) is 11.7. The summed E-state index contributed by atoms with van der Waals surface area (Å²) in [7, 11) is 1.68. The topological polar surface area (TPSA) is 35.5 Å². The SMILES string of the molecule is COc1cccc2c1C1(CCOCC1)C(=O)CC2. The molecule has 1 aromatic rings. The van der Waals surface area contributed by atoms with E-state index >= 15 is 0 Å². The van der Waals surface area contributed by atoms with Crippen LogP contribution in [0.5, 0.6) is 5.75 Å². The van der Waals surface area contributed by atoms with E-state index in [9.17, 15) is 4.79 Å². The fraction of sp³-hybridized carbons (Fsp3) is 0.533. The van der Waals surface area contributed by atoms with Crippen molar-refractivity contribution in [3.05, 3.63) is 29.3 Å². The molecule has 1 aliphatic heterocycles. The number of ketones is 1. The maximum absolute atomic E-state index is 12.5. The van der Waals surface area contributed by atoms with Gasteiger partial charge in [-0.05, 0) is 30.9 Å². The second kappa shape index (κ2) is 4.39. The maximum atomic E-state index is 12.5. The number of hydrogen-bond donors (Lipinski definition) is 0. The molecule has 3 nitrogen and oxygen atoms in total. The zero-order valence-corrected chi connectivity index (χ0v) is 10.7. The van der Waals surface area contributed by atoms with Crippen molar-refractivity contribution in [1.82, 2.24) is 0 Å². The van der Waals surface area contributed by atoms with Crippen molar-refractivity contribution in [2.24, 2.45) is 0 Å². The first-order chi connectivity index (χ1) is 8.78. The Morgan fingerprint density at radius 2 is 2.00 bits per heavy atom. The molecule has 2 aliphatic rings. The minimum Gasteiger partial charge on any atom is -0.496 e. The molecule has 1 heterocycles. The quantitative estimate of drug-likeness (QED) is 0.762. The number of methoxy groups -OCH3 is 1. The minimum atomic E-state index is -0.349. The van der Waals surface area contributed by atoms with Crippen LogP contribution in [0.1, 0.15) is 30.4 Å². The first-order valence-electron chi connectivity index (χ1n) is 6.55. The van der Waals surface area contributed by atoms with E-state index in [0.29, 0.717) is 25.4 Å². The number of rotatable bonds is 1. The Kier molecular flexibility index (Phi) is 2.86. The lowest BCUT2D eigenvalue weighted by molar-refractivity contribution is -0.129. The number of carbonyl (C=O) groups excluding carboxylic acids is 1. The summed E-state index contributed by atoms with van der Waals surface area (Å²) < 4.78 is 10.9. The third kappa shape index (κ3) is 1.57. The average molecular weight is 246 g/mol. The first-order valence-corrected chi connectivity index (χ1v) is 6.55. The monoisotopic (exact) mass is 246 g/mol. The summed E-state index contributed by atoms with van der Waals surface area (Å²) >= 11 is 0. The lowest BCUT2D eigenvalue weighted by Crippen LogP contribution is -2.44. The van der Waals surface area contributed by atoms with Gasteiger partial charge in [0.15, 0.2) is 0 Å². The predicted molar refractivity (Wildman–Crippen MR) is 68.1 cm³/mol. The van der Waals surface area contributed by atoms with E-state index in [-0.39, 0.29) is 5.41 Å². The molecular weight excluding hydrogens is 228 g/mol. The third-order valence-corrected chi connectivity index (χ3v) is 4.31. The Balaban J connectivity index is 2.18. The van der Waals surface area contributed by atoms with Crippen LogP contribution in [0.3, 0.4) is 0 Å². The van der Waals surface area contributed by atoms with Crippen LogP contribution < -0.4 is 4.74 Å². The van der Waals surface area contributed by atoms with Gasteiger partial charge in [0.25, 0.3) is 0 Å². The minimum absolute atomic E-state index is 0.349. The van der Waals surface area contributed by atoms with Gasteiger partial charge in [-0.1, -0.05) is 12.1 Å². The van der Waals surface area contributed by atoms with E-state index in [2.05, 4.69) is 6.07 Å². The van der Waals surface area contributed by atoms with Gasteiger partial charge in [-0.15, -0.1) is 0 Å². The largest absolute Gasteiger partial charge is 0.496 e. The molecule has 1 spiro atoms. The van der Waals surface area contributed by atoms with Gasteiger partial charge < -0.3 is 9.47 Å². The van der Waals surface area contributed by atoms with E-state index < -0.39 is 0 Å². The molecule has 1 aromatic carbocycles. The van der Waals surface area contributed by atoms with E-state index in [1.165, 1.54) is 5.56 Å².